The molecule has 3 rings (SSSR count). The molecule has 0 atom stereocenters. The van der Waals surface area contributed by atoms with E-state index in [1.165, 1.54) is 0 Å². The molecule has 1 fully saturated rings. The van der Waals surface area contributed by atoms with Crippen LogP contribution in [0.25, 0.3) is 0 Å². The predicted octanol–water partition coefficient (Wildman–Crippen LogP) is 4.93. The summed E-state index contributed by atoms with van der Waals surface area (Å²) in [6, 6.07) is 9.05. The van der Waals surface area contributed by atoms with E-state index < -0.39 is 0 Å². The summed E-state index contributed by atoms with van der Waals surface area (Å²) in [5.74, 6) is 0.462. The average molecular weight is 478 g/mol. The summed E-state index contributed by atoms with van der Waals surface area (Å²) >= 11 is 12.4. The Morgan fingerprint density at radius 3 is 2.25 bits per heavy atom. The number of benzene rings is 2. The number of nitrogens with zero attached hydrogens (tertiary/aromatic N) is 2. The highest BCUT2D eigenvalue weighted by Crippen LogP contribution is 2.30. The lowest BCUT2D eigenvalue weighted by Crippen LogP contribution is -2.50. The normalized spacial score (nSPS) is 14.0. The Morgan fingerprint density at radius 1 is 1.03 bits per heavy atom. The number of anilines is 2. The number of piperazine rings is 1. The minimum atomic E-state index is -0.285. The van der Waals surface area contributed by atoms with E-state index in [0.717, 1.165) is 16.8 Å². The molecule has 32 heavy (non-hydrogen) atoms. The van der Waals surface area contributed by atoms with Crippen molar-refractivity contribution in [1.29, 1.82) is 0 Å². The van der Waals surface area contributed by atoms with Crippen molar-refractivity contribution < 1.29 is 14.3 Å². The summed E-state index contributed by atoms with van der Waals surface area (Å²) in [6.45, 7) is 10.1. The molecule has 1 aliphatic heterocycles. The van der Waals surface area contributed by atoms with Gasteiger partial charge in [-0.15, -0.1) is 0 Å². The lowest BCUT2D eigenvalue weighted by Gasteiger charge is -2.37. The van der Waals surface area contributed by atoms with Crippen molar-refractivity contribution in [1.82, 2.24) is 4.90 Å². The van der Waals surface area contributed by atoms with Crippen molar-refractivity contribution in [2.24, 2.45) is 5.92 Å². The van der Waals surface area contributed by atoms with Gasteiger partial charge in [0.1, 0.15) is 5.75 Å². The van der Waals surface area contributed by atoms with Gasteiger partial charge in [0.15, 0.2) is 6.61 Å². The number of carbonyl (C=O) groups is 2. The molecule has 0 saturated carbocycles. The summed E-state index contributed by atoms with van der Waals surface area (Å²) in [5, 5.41) is 4.14. The van der Waals surface area contributed by atoms with Gasteiger partial charge in [0.2, 0.25) is 5.91 Å². The fourth-order valence-corrected chi connectivity index (χ4v) is 4.02. The molecule has 1 aliphatic rings. The van der Waals surface area contributed by atoms with E-state index in [-0.39, 0.29) is 24.3 Å². The topological polar surface area (TPSA) is 61.9 Å². The van der Waals surface area contributed by atoms with Crippen LogP contribution in [-0.2, 0) is 9.59 Å². The predicted molar refractivity (Wildman–Crippen MR) is 130 cm³/mol. The van der Waals surface area contributed by atoms with Crippen LogP contribution >= 0.6 is 23.2 Å². The summed E-state index contributed by atoms with van der Waals surface area (Å²) in [7, 11) is 0. The van der Waals surface area contributed by atoms with Crippen molar-refractivity contribution in [2.45, 2.75) is 27.7 Å². The molecule has 6 nitrogen and oxygen atoms in total. The first-order valence-corrected chi connectivity index (χ1v) is 11.4. The van der Waals surface area contributed by atoms with Crippen LogP contribution in [0, 0.1) is 19.8 Å². The molecule has 0 bridgehead atoms. The van der Waals surface area contributed by atoms with E-state index in [1.54, 1.807) is 12.1 Å². The van der Waals surface area contributed by atoms with E-state index >= 15 is 0 Å². The van der Waals surface area contributed by atoms with Crippen LogP contribution in [0.2, 0.25) is 10.0 Å². The number of hydrogen-bond donors (Lipinski definition) is 1. The zero-order valence-electron chi connectivity index (χ0n) is 18.9. The monoisotopic (exact) mass is 477 g/mol. The molecule has 2 aromatic rings. The lowest BCUT2D eigenvalue weighted by atomic mass is 10.1. The lowest BCUT2D eigenvalue weighted by molar-refractivity contribution is -0.134. The molecule has 0 aliphatic carbocycles. The molecular formula is C24H29Cl2N3O3. The number of carbonyl (C=O) groups excluding carboxylic acids is 2. The molecule has 0 aromatic heterocycles. The number of amides is 2. The zero-order valence-corrected chi connectivity index (χ0v) is 20.4. The molecule has 1 heterocycles. The number of aryl methyl sites for hydroxylation is 2. The van der Waals surface area contributed by atoms with Crippen LogP contribution in [-0.4, -0.2) is 49.5 Å². The van der Waals surface area contributed by atoms with Gasteiger partial charge in [0.25, 0.3) is 5.91 Å². The van der Waals surface area contributed by atoms with Crippen LogP contribution in [0.3, 0.4) is 0 Å². The number of nitrogens with one attached hydrogen (secondary N) is 1. The van der Waals surface area contributed by atoms with Crippen LogP contribution < -0.4 is 15.0 Å². The minimum Gasteiger partial charge on any atom is -0.484 e. The van der Waals surface area contributed by atoms with Gasteiger partial charge >= 0.3 is 0 Å². The molecule has 2 aromatic carbocycles. The summed E-state index contributed by atoms with van der Waals surface area (Å²) in [4.78, 5) is 28.9. The summed E-state index contributed by atoms with van der Waals surface area (Å²) in [5.41, 5.74) is 3.29. The summed E-state index contributed by atoms with van der Waals surface area (Å²) in [6.07, 6.45) is 0. The first-order valence-electron chi connectivity index (χ1n) is 10.7. The third-order valence-corrected chi connectivity index (χ3v) is 6.27. The number of ether oxygens (including phenoxy) is 1. The third-order valence-electron chi connectivity index (χ3n) is 5.44. The van der Waals surface area contributed by atoms with Gasteiger partial charge < -0.3 is 19.9 Å². The second kappa shape index (κ2) is 10.5. The Balaban J connectivity index is 1.65. The number of hydrogen-bond acceptors (Lipinski definition) is 4. The van der Waals surface area contributed by atoms with E-state index in [0.29, 0.717) is 47.7 Å². The Kier molecular flexibility index (Phi) is 7.91. The van der Waals surface area contributed by atoms with Gasteiger partial charge in [0, 0.05) is 42.1 Å². The molecule has 0 spiro atoms. The molecule has 8 heteroatoms. The van der Waals surface area contributed by atoms with Gasteiger partial charge in [-0.1, -0.05) is 37.0 Å². The molecule has 0 radical (unpaired) electrons. The van der Waals surface area contributed by atoms with Gasteiger partial charge in [-0.25, -0.2) is 0 Å². The highest BCUT2D eigenvalue weighted by atomic mass is 35.5. The molecule has 0 unspecified atom stereocenters. The number of halogens is 2. The molecule has 1 saturated heterocycles. The standard InChI is InChI=1S/C24H29Cl2N3O3/c1-15(2)24(31)29-9-7-28(8-10-29)21-6-5-18(25)13-20(21)27-22(30)14-32-19-11-16(3)23(26)17(4)12-19/h5-6,11-13,15H,7-10,14H2,1-4H3,(H,27,30). The van der Waals surface area contributed by atoms with Crippen LogP contribution in [0.15, 0.2) is 30.3 Å². The second-order valence-corrected chi connectivity index (χ2v) is 9.15. The fourth-order valence-electron chi connectivity index (χ4n) is 3.74. The van der Waals surface area contributed by atoms with Gasteiger partial charge in [0.05, 0.1) is 11.4 Å². The molecular weight excluding hydrogens is 449 g/mol. The Hall–Kier alpha value is -2.44. The van der Waals surface area contributed by atoms with Gasteiger partial charge in [-0.05, 0) is 55.3 Å². The second-order valence-electron chi connectivity index (χ2n) is 8.34. The Morgan fingerprint density at radius 2 is 1.66 bits per heavy atom. The van der Waals surface area contributed by atoms with E-state index in [4.69, 9.17) is 27.9 Å². The maximum absolute atomic E-state index is 12.6. The van der Waals surface area contributed by atoms with E-state index in [2.05, 4.69) is 10.2 Å². The van der Waals surface area contributed by atoms with Crippen molar-refractivity contribution in [3.8, 4) is 5.75 Å². The van der Waals surface area contributed by atoms with Crippen LogP contribution in [0.5, 0.6) is 5.75 Å². The first kappa shape index (κ1) is 24.2. The van der Waals surface area contributed by atoms with Crippen molar-refractivity contribution in [3.05, 3.63) is 51.5 Å². The maximum Gasteiger partial charge on any atom is 0.262 e. The zero-order chi connectivity index (χ0) is 23.4. The van der Waals surface area contributed by atoms with Gasteiger partial charge in [-0.2, -0.15) is 0 Å². The maximum atomic E-state index is 12.6. The van der Waals surface area contributed by atoms with Crippen molar-refractivity contribution >= 4 is 46.4 Å². The van der Waals surface area contributed by atoms with E-state index in [9.17, 15) is 9.59 Å². The largest absolute Gasteiger partial charge is 0.484 e. The highest BCUT2D eigenvalue weighted by Gasteiger charge is 2.24. The van der Waals surface area contributed by atoms with Crippen molar-refractivity contribution in [3.63, 3.8) is 0 Å². The van der Waals surface area contributed by atoms with Crippen LogP contribution in [0.1, 0.15) is 25.0 Å². The Labute approximate surface area is 199 Å². The minimum absolute atomic E-state index is 0.0138. The summed E-state index contributed by atoms with van der Waals surface area (Å²) < 4.78 is 5.67. The van der Waals surface area contributed by atoms with Gasteiger partial charge in [-0.3, -0.25) is 9.59 Å². The fraction of sp³-hybridized carbons (Fsp3) is 0.417. The first-order chi connectivity index (χ1) is 15.2. The molecule has 172 valence electrons. The van der Waals surface area contributed by atoms with Crippen LogP contribution in [0.4, 0.5) is 11.4 Å². The number of rotatable bonds is 6. The van der Waals surface area contributed by atoms with E-state index in [1.807, 2.05) is 50.8 Å². The third kappa shape index (κ3) is 5.87. The average Bonchev–Trinajstić information content (AvgIpc) is 2.75. The quantitative estimate of drug-likeness (QED) is 0.640. The highest BCUT2D eigenvalue weighted by molar-refractivity contribution is 6.32. The molecule has 1 N–H and O–H groups in total. The SMILES string of the molecule is Cc1cc(OCC(=O)Nc2cc(Cl)ccc2N2CCN(C(=O)C(C)C)CC2)cc(C)c1Cl. The Bertz CT molecular complexity index is 979. The van der Waals surface area contributed by atoms with Crippen molar-refractivity contribution in [2.75, 3.05) is 43.0 Å². The smallest absolute Gasteiger partial charge is 0.262 e. The molecule has 2 amide bonds.